The van der Waals surface area contributed by atoms with E-state index >= 15 is 0 Å². The van der Waals surface area contributed by atoms with Gasteiger partial charge in [0.05, 0.1) is 24.1 Å². The maximum atomic E-state index is 13.5. The van der Waals surface area contributed by atoms with Crippen LogP contribution in [0.15, 0.2) is 36.6 Å². The third-order valence-electron chi connectivity index (χ3n) is 5.06. The van der Waals surface area contributed by atoms with Crippen molar-refractivity contribution in [2.75, 3.05) is 6.61 Å². The molecule has 0 unspecified atom stereocenters. The van der Waals surface area contributed by atoms with Gasteiger partial charge in [-0.25, -0.2) is 9.36 Å². The van der Waals surface area contributed by atoms with E-state index < -0.39 is 5.60 Å². The highest BCUT2D eigenvalue weighted by molar-refractivity contribution is 6.00. The van der Waals surface area contributed by atoms with Crippen LogP contribution in [0.1, 0.15) is 70.0 Å². The van der Waals surface area contributed by atoms with Crippen molar-refractivity contribution in [3.05, 3.63) is 59.1 Å². The average Bonchev–Trinajstić information content (AvgIpc) is 3.01. The van der Waals surface area contributed by atoms with Crippen molar-refractivity contribution in [3.8, 4) is 11.3 Å². The molecule has 1 aromatic carbocycles. The lowest BCUT2D eigenvalue weighted by molar-refractivity contribution is 0.0547. The van der Waals surface area contributed by atoms with Crippen molar-refractivity contribution in [2.45, 2.75) is 66.9 Å². The summed E-state index contributed by atoms with van der Waals surface area (Å²) >= 11 is 0. The summed E-state index contributed by atoms with van der Waals surface area (Å²) in [5.74, 6) is 0.191. The summed E-state index contributed by atoms with van der Waals surface area (Å²) in [7, 11) is 0. The molecule has 2 heterocycles. The van der Waals surface area contributed by atoms with Gasteiger partial charge in [0.1, 0.15) is 5.60 Å². The Morgan fingerprint density at radius 3 is 2.34 bits per heavy atom. The number of benzene rings is 1. The molecule has 0 N–H and O–H groups in total. The normalized spacial score (nSPS) is 12.2. The van der Waals surface area contributed by atoms with Gasteiger partial charge >= 0.3 is 6.09 Å². The van der Waals surface area contributed by atoms with Crippen molar-refractivity contribution in [1.29, 1.82) is 0 Å². The molecular weight excluding hydrogens is 400 g/mol. The topological polar surface area (TPSA) is 53.4 Å². The van der Waals surface area contributed by atoms with E-state index in [2.05, 4.69) is 24.9 Å². The van der Waals surface area contributed by atoms with Crippen LogP contribution >= 0.6 is 0 Å². The minimum atomic E-state index is -0.604. The number of aryl methyl sites for hydroxylation is 2. The molecule has 0 aliphatic heterocycles. The zero-order valence-corrected chi connectivity index (χ0v) is 20.4. The lowest BCUT2D eigenvalue weighted by Gasteiger charge is -2.21. The number of nitrogens with zero attached hydrogens (tertiary/aromatic N) is 2. The fourth-order valence-electron chi connectivity index (χ4n) is 4.00. The predicted molar refractivity (Wildman–Crippen MR) is 131 cm³/mol. The molecule has 0 amide bonds. The van der Waals surface area contributed by atoms with Crippen molar-refractivity contribution < 1.29 is 14.3 Å². The number of carbonyl (C=O) groups excluding carboxylic acids is 1. The Labute approximate surface area is 191 Å². The summed E-state index contributed by atoms with van der Waals surface area (Å²) in [6.07, 6.45) is 3.27. The van der Waals surface area contributed by atoms with Crippen molar-refractivity contribution >= 4 is 23.1 Å². The SMILES string of the molecule is CCO/C=C\c1ccc2c(c1)c(C(C)C)c(-c1cc(C)nc(C)c1)n2C(=O)OC(C)(C)C. The molecule has 0 fully saturated rings. The number of fused-ring (bicyclic) bond motifs is 1. The third kappa shape index (κ3) is 5.04. The van der Waals surface area contributed by atoms with Gasteiger partial charge in [-0.05, 0) is 88.9 Å². The van der Waals surface area contributed by atoms with E-state index in [0.29, 0.717) is 6.61 Å². The molecule has 3 rings (SSSR count). The zero-order chi connectivity index (χ0) is 23.6. The molecule has 3 aromatic rings. The van der Waals surface area contributed by atoms with E-state index in [4.69, 9.17) is 9.47 Å². The molecule has 0 saturated carbocycles. The van der Waals surface area contributed by atoms with Crippen LogP contribution in [-0.2, 0) is 9.47 Å². The van der Waals surface area contributed by atoms with Crippen molar-refractivity contribution in [3.63, 3.8) is 0 Å². The van der Waals surface area contributed by atoms with Gasteiger partial charge in [0.2, 0.25) is 0 Å². The monoisotopic (exact) mass is 434 g/mol. The molecule has 0 radical (unpaired) electrons. The number of carbonyl (C=O) groups is 1. The molecule has 0 aliphatic carbocycles. The van der Waals surface area contributed by atoms with Gasteiger partial charge in [-0.15, -0.1) is 0 Å². The minimum absolute atomic E-state index is 0.191. The molecule has 5 heteroatoms. The summed E-state index contributed by atoms with van der Waals surface area (Å²) in [6, 6.07) is 10.2. The smallest absolute Gasteiger partial charge is 0.419 e. The second-order valence-corrected chi connectivity index (χ2v) is 9.41. The lowest BCUT2D eigenvalue weighted by Crippen LogP contribution is -2.27. The van der Waals surface area contributed by atoms with Crippen LogP contribution in [0.3, 0.4) is 0 Å². The second-order valence-electron chi connectivity index (χ2n) is 9.41. The van der Waals surface area contributed by atoms with E-state index in [0.717, 1.165) is 44.7 Å². The maximum absolute atomic E-state index is 13.5. The minimum Gasteiger partial charge on any atom is -0.501 e. The number of aromatic nitrogens is 2. The molecule has 0 spiro atoms. The van der Waals surface area contributed by atoms with Crippen LogP contribution in [0.4, 0.5) is 4.79 Å². The molecule has 32 heavy (non-hydrogen) atoms. The van der Waals surface area contributed by atoms with E-state index in [9.17, 15) is 4.79 Å². The standard InChI is InChI=1S/C27H34N2O3/c1-9-31-13-12-20-10-11-23-22(16-20)24(17(2)3)25(21-14-18(4)28-19(5)15-21)29(23)26(30)32-27(6,7)8/h10-17H,9H2,1-8H3/b13-12-. The molecule has 0 bridgehead atoms. The molecule has 2 aromatic heterocycles. The summed E-state index contributed by atoms with van der Waals surface area (Å²) in [4.78, 5) is 18.0. The third-order valence-corrected chi connectivity index (χ3v) is 5.06. The first-order valence-corrected chi connectivity index (χ1v) is 11.2. The van der Waals surface area contributed by atoms with Crippen LogP contribution in [0, 0.1) is 13.8 Å². The Morgan fingerprint density at radius 2 is 1.78 bits per heavy atom. The van der Waals surface area contributed by atoms with Crippen molar-refractivity contribution in [2.24, 2.45) is 0 Å². The number of ether oxygens (including phenoxy) is 2. The molecule has 0 aliphatic rings. The first-order chi connectivity index (χ1) is 15.0. The quantitative estimate of drug-likeness (QED) is 0.397. The fraction of sp³-hybridized carbons (Fsp3) is 0.407. The van der Waals surface area contributed by atoms with E-state index in [1.54, 1.807) is 10.8 Å². The van der Waals surface area contributed by atoms with Gasteiger partial charge < -0.3 is 9.47 Å². The highest BCUT2D eigenvalue weighted by Gasteiger charge is 2.28. The Bertz CT molecular complexity index is 1140. The molecular formula is C27H34N2O3. The number of hydrogen-bond donors (Lipinski definition) is 0. The maximum Gasteiger partial charge on any atom is 0.419 e. The van der Waals surface area contributed by atoms with Gasteiger partial charge in [0.25, 0.3) is 0 Å². The Balaban J connectivity index is 2.37. The average molecular weight is 435 g/mol. The molecule has 5 nitrogen and oxygen atoms in total. The van der Waals surface area contributed by atoms with Gasteiger partial charge in [-0.2, -0.15) is 0 Å². The highest BCUT2D eigenvalue weighted by Crippen LogP contribution is 2.39. The van der Waals surface area contributed by atoms with Gasteiger partial charge in [-0.3, -0.25) is 4.98 Å². The Morgan fingerprint density at radius 1 is 1.12 bits per heavy atom. The molecule has 0 saturated heterocycles. The molecule has 170 valence electrons. The van der Waals surface area contributed by atoms with Crippen LogP contribution in [0.2, 0.25) is 0 Å². The predicted octanol–water partition coefficient (Wildman–Crippen LogP) is 7.23. The second kappa shape index (κ2) is 9.19. The van der Waals surface area contributed by atoms with Crippen molar-refractivity contribution in [1.82, 2.24) is 9.55 Å². The summed E-state index contributed by atoms with van der Waals surface area (Å²) in [5.41, 5.74) is 6.01. The van der Waals surface area contributed by atoms with E-state index in [1.807, 2.05) is 71.9 Å². The largest absolute Gasteiger partial charge is 0.501 e. The highest BCUT2D eigenvalue weighted by atomic mass is 16.6. The van der Waals surface area contributed by atoms with E-state index in [-0.39, 0.29) is 12.0 Å². The Hall–Kier alpha value is -3.08. The van der Waals surface area contributed by atoms with Gasteiger partial charge in [-0.1, -0.05) is 19.9 Å². The lowest BCUT2D eigenvalue weighted by atomic mass is 9.95. The first-order valence-electron chi connectivity index (χ1n) is 11.2. The molecule has 0 atom stereocenters. The van der Waals surface area contributed by atoms with Gasteiger partial charge in [0.15, 0.2) is 0 Å². The van der Waals surface area contributed by atoms with Crippen LogP contribution < -0.4 is 0 Å². The van der Waals surface area contributed by atoms with Gasteiger partial charge in [0, 0.05) is 22.3 Å². The zero-order valence-electron chi connectivity index (χ0n) is 20.4. The van der Waals surface area contributed by atoms with E-state index in [1.165, 1.54) is 0 Å². The Kier molecular flexibility index (Phi) is 6.77. The first kappa shape index (κ1) is 23.6. The van der Waals surface area contributed by atoms with Crippen LogP contribution in [0.25, 0.3) is 28.2 Å². The summed E-state index contributed by atoms with van der Waals surface area (Å²) in [5, 5.41) is 1.03. The number of hydrogen-bond acceptors (Lipinski definition) is 4. The number of rotatable bonds is 5. The summed E-state index contributed by atoms with van der Waals surface area (Å²) < 4.78 is 12.9. The van der Waals surface area contributed by atoms with Crippen LogP contribution in [0.5, 0.6) is 0 Å². The summed E-state index contributed by atoms with van der Waals surface area (Å²) in [6.45, 7) is 16.5. The number of pyridine rings is 1. The fourth-order valence-corrected chi connectivity index (χ4v) is 4.00. The van der Waals surface area contributed by atoms with Crippen LogP contribution in [-0.4, -0.2) is 27.9 Å².